The predicted octanol–water partition coefficient (Wildman–Crippen LogP) is 3.51. The Labute approximate surface area is 122 Å². The molecule has 0 aliphatic carbocycles. The summed E-state index contributed by atoms with van der Waals surface area (Å²) in [6, 6.07) is 5.29. The van der Waals surface area contributed by atoms with Crippen molar-refractivity contribution in [3.8, 4) is 0 Å². The summed E-state index contributed by atoms with van der Waals surface area (Å²) in [5, 5.41) is 1.70. The van der Waals surface area contributed by atoms with Crippen molar-refractivity contribution in [3.05, 3.63) is 29.8 Å². The third-order valence-electron chi connectivity index (χ3n) is 2.99. The molecule has 1 aliphatic heterocycles. The molecular formula is C13H17ClF3N3. The van der Waals surface area contributed by atoms with Gasteiger partial charge >= 0.3 is 6.18 Å². The summed E-state index contributed by atoms with van der Waals surface area (Å²) in [7, 11) is 0. The first kappa shape index (κ1) is 16.6. The van der Waals surface area contributed by atoms with Gasteiger partial charge in [-0.15, -0.1) is 12.4 Å². The van der Waals surface area contributed by atoms with E-state index < -0.39 is 11.7 Å². The fraction of sp³-hybridized carbons (Fsp3) is 0.462. The molecule has 1 aliphatic rings. The van der Waals surface area contributed by atoms with Crippen molar-refractivity contribution < 1.29 is 13.2 Å². The van der Waals surface area contributed by atoms with Crippen LogP contribution in [0.25, 0.3) is 0 Å². The van der Waals surface area contributed by atoms with Crippen LogP contribution in [0.1, 0.15) is 19.4 Å². The Morgan fingerprint density at radius 1 is 1.40 bits per heavy atom. The fourth-order valence-corrected chi connectivity index (χ4v) is 2.04. The van der Waals surface area contributed by atoms with Crippen molar-refractivity contribution in [1.29, 1.82) is 0 Å². The van der Waals surface area contributed by atoms with Crippen molar-refractivity contribution in [2.45, 2.75) is 20.0 Å². The van der Waals surface area contributed by atoms with Crippen LogP contribution in [-0.2, 0) is 6.18 Å². The average molecular weight is 308 g/mol. The number of amidine groups is 1. The van der Waals surface area contributed by atoms with Crippen LogP contribution in [0.3, 0.4) is 0 Å². The van der Waals surface area contributed by atoms with Crippen molar-refractivity contribution >= 4 is 23.9 Å². The number of halogens is 4. The zero-order valence-electron chi connectivity index (χ0n) is 11.2. The molecule has 1 saturated heterocycles. The van der Waals surface area contributed by atoms with Gasteiger partial charge in [-0.3, -0.25) is 15.4 Å². The molecule has 1 aromatic rings. The number of alkyl halides is 3. The van der Waals surface area contributed by atoms with E-state index in [0.29, 0.717) is 18.8 Å². The summed E-state index contributed by atoms with van der Waals surface area (Å²) < 4.78 is 38.0. The van der Waals surface area contributed by atoms with Crippen LogP contribution >= 0.6 is 12.4 Å². The predicted molar refractivity (Wildman–Crippen MR) is 76.3 cm³/mol. The molecule has 2 rings (SSSR count). The maximum atomic E-state index is 12.7. The van der Waals surface area contributed by atoms with Gasteiger partial charge in [-0.2, -0.15) is 13.2 Å². The molecule has 0 amide bonds. The lowest BCUT2D eigenvalue weighted by Crippen LogP contribution is -2.33. The van der Waals surface area contributed by atoms with E-state index in [-0.39, 0.29) is 18.3 Å². The van der Waals surface area contributed by atoms with Gasteiger partial charge < -0.3 is 0 Å². The van der Waals surface area contributed by atoms with Crippen molar-refractivity contribution in [3.63, 3.8) is 0 Å². The molecule has 20 heavy (non-hydrogen) atoms. The summed E-state index contributed by atoms with van der Waals surface area (Å²) in [5.74, 6) is 1.01. The van der Waals surface area contributed by atoms with Gasteiger partial charge in [0.1, 0.15) is 5.84 Å². The van der Waals surface area contributed by atoms with E-state index in [4.69, 9.17) is 0 Å². The molecule has 1 unspecified atom stereocenters. The summed E-state index contributed by atoms with van der Waals surface area (Å²) in [6.07, 6.45) is -4.32. The minimum Gasteiger partial charge on any atom is -0.286 e. The molecule has 1 N–H and O–H groups in total. The third kappa shape index (κ3) is 3.56. The van der Waals surface area contributed by atoms with Crippen LogP contribution in [-0.4, -0.2) is 18.9 Å². The van der Waals surface area contributed by atoms with Crippen LogP contribution < -0.4 is 10.4 Å². The number of benzene rings is 1. The highest BCUT2D eigenvalue weighted by Crippen LogP contribution is 2.32. The van der Waals surface area contributed by atoms with E-state index in [0.717, 1.165) is 18.0 Å². The molecule has 0 saturated carbocycles. The van der Waals surface area contributed by atoms with Gasteiger partial charge in [-0.05, 0) is 25.1 Å². The Kier molecular flexibility index (Phi) is 5.28. The van der Waals surface area contributed by atoms with Crippen LogP contribution in [0.2, 0.25) is 0 Å². The highest BCUT2D eigenvalue weighted by atomic mass is 35.5. The molecule has 7 heteroatoms. The van der Waals surface area contributed by atoms with Crippen molar-refractivity contribution in [1.82, 2.24) is 5.43 Å². The lowest BCUT2D eigenvalue weighted by Gasteiger charge is -2.19. The van der Waals surface area contributed by atoms with Gasteiger partial charge in [0.15, 0.2) is 0 Å². The Morgan fingerprint density at radius 3 is 2.70 bits per heavy atom. The number of aliphatic imine (C=N–C) groups is 1. The molecule has 0 bridgehead atoms. The molecular weight excluding hydrogens is 291 g/mol. The minimum absolute atomic E-state index is 0. The molecule has 1 heterocycles. The summed E-state index contributed by atoms with van der Waals surface area (Å²) in [4.78, 5) is 4.29. The lowest BCUT2D eigenvalue weighted by atomic mass is 10.1. The molecule has 0 radical (unpaired) electrons. The standard InChI is InChI=1S/C13H16F3N3.ClH/c1-3-17-12-9(2)8-19(18-12)11-6-4-5-10(7-11)13(14,15)16;/h4-7,9H,3,8H2,1-2H3,(H,17,18);1H. The van der Waals surface area contributed by atoms with Crippen LogP contribution in [0.5, 0.6) is 0 Å². The maximum Gasteiger partial charge on any atom is 0.416 e. The summed E-state index contributed by atoms with van der Waals surface area (Å²) in [6.45, 7) is 5.19. The monoisotopic (exact) mass is 307 g/mol. The van der Waals surface area contributed by atoms with E-state index >= 15 is 0 Å². The number of nitrogens with one attached hydrogen (secondary N) is 1. The van der Waals surface area contributed by atoms with Gasteiger partial charge in [-0.1, -0.05) is 13.0 Å². The third-order valence-corrected chi connectivity index (χ3v) is 2.99. The van der Waals surface area contributed by atoms with E-state index in [1.54, 1.807) is 11.1 Å². The van der Waals surface area contributed by atoms with Crippen LogP contribution in [0, 0.1) is 5.92 Å². The molecule has 1 atom stereocenters. The number of nitrogens with zero attached hydrogens (tertiary/aromatic N) is 2. The van der Waals surface area contributed by atoms with Crippen LogP contribution in [0.15, 0.2) is 29.3 Å². The molecule has 0 spiro atoms. The number of rotatable bonds is 2. The normalized spacial score (nSPS) is 20.8. The lowest BCUT2D eigenvalue weighted by molar-refractivity contribution is -0.137. The van der Waals surface area contributed by atoms with Crippen LogP contribution in [0.4, 0.5) is 18.9 Å². The second-order valence-corrected chi connectivity index (χ2v) is 4.53. The number of hydrogen-bond donors (Lipinski definition) is 1. The zero-order valence-corrected chi connectivity index (χ0v) is 12.1. The fourth-order valence-electron chi connectivity index (χ4n) is 2.04. The largest absolute Gasteiger partial charge is 0.416 e. The van der Waals surface area contributed by atoms with Crippen molar-refractivity contribution in [2.24, 2.45) is 10.9 Å². The maximum absolute atomic E-state index is 12.7. The SMILES string of the molecule is CCN=C1NN(c2cccc(C(F)(F)F)c2)CC1C.Cl. The Morgan fingerprint density at radius 2 is 2.10 bits per heavy atom. The van der Waals surface area contributed by atoms with Gasteiger partial charge in [0, 0.05) is 19.0 Å². The Balaban J connectivity index is 0.00000200. The quantitative estimate of drug-likeness (QED) is 0.905. The first-order valence-corrected chi connectivity index (χ1v) is 6.17. The highest BCUT2D eigenvalue weighted by molar-refractivity contribution is 5.89. The van der Waals surface area contributed by atoms with E-state index in [9.17, 15) is 13.2 Å². The first-order chi connectivity index (χ1) is 8.91. The van der Waals surface area contributed by atoms with Gasteiger partial charge in [0.05, 0.1) is 11.3 Å². The highest BCUT2D eigenvalue weighted by Gasteiger charge is 2.32. The first-order valence-electron chi connectivity index (χ1n) is 6.17. The van der Waals surface area contributed by atoms with Gasteiger partial charge in [-0.25, -0.2) is 0 Å². The average Bonchev–Trinajstić information content (AvgIpc) is 2.71. The van der Waals surface area contributed by atoms with E-state index in [2.05, 4.69) is 10.4 Å². The van der Waals surface area contributed by atoms with Gasteiger partial charge in [0.2, 0.25) is 0 Å². The number of hydrogen-bond acceptors (Lipinski definition) is 2. The van der Waals surface area contributed by atoms with Crippen molar-refractivity contribution in [2.75, 3.05) is 18.1 Å². The second-order valence-electron chi connectivity index (χ2n) is 4.53. The Hall–Kier alpha value is -1.43. The molecule has 0 aromatic heterocycles. The van der Waals surface area contributed by atoms with Gasteiger partial charge in [0.25, 0.3) is 0 Å². The molecule has 3 nitrogen and oxygen atoms in total. The zero-order chi connectivity index (χ0) is 14.0. The topological polar surface area (TPSA) is 27.6 Å². The second kappa shape index (κ2) is 6.35. The molecule has 1 aromatic carbocycles. The smallest absolute Gasteiger partial charge is 0.286 e. The number of anilines is 1. The van der Waals surface area contributed by atoms with E-state index in [1.165, 1.54) is 6.07 Å². The molecule has 112 valence electrons. The molecule has 1 fully saturated rings. The number of hydrazine groups is 1. The summed E-state index contributed by atoms with van der Waals surface area (Å²) in [5.41, 5.74) is 2.92. The summed E-state index contributed by atoms with van der Waals surface area (Å²) >= 11 is 0. The Bertz CT molecular complexity index is 488. The van der Waals surface area contributed by atoms with E-state index in [1.807, 2.05) is 13.8 Å². The minimum atomic E-state index is -4.32.